The maximum absolute atomic E-state index is 12.4. The van der Waals surface area contributed by atoms with E-state index < -0.39 is 18.0 Å². The van der Waals surface area contributed by atoms with Crippen molar-refractivity contribution in [3.8, 4) is 17.2 Å². The molecule has 0 saturated carbocycles. The van der Waals surface area contributed by atoms with Crippen molar-refractivity contribution in [2.45, 2.75) is 26.9 Å². The summed E-state index contributed by atoms with van der Waals surface area (Å²) in [6.07, 6.45) is -1.01. The summed E-state index contributed by atoms with van der Waals surface area (Å²) in [6, 6.07) is 10.7. The summed E-state index contributed by atoms with van der Waals surface area (Å²) < 4.78 is 21.1. The van der Waals surface area contributed by atoms with E-state index in [0.29, 0.717) is 22.9 Å². The number of methoxy groups -OCH3 is 2. The normalized spacial score (nSPS) is 11.3. The first kappa shape index (κ1) is 21.1. The molecule has 0 aliphatic rings. The highest BCUT2D eigenvalue weighted by Crippen LogP contribution is 2.29. The van der Waals surface area contributed by atoms with Crippen LogP contribution < -0.4 is 19.5 Å². The molecule has 1 amide bonds. The van der Waals surface area contributed by atoms with Gasteiger partial charge in [0.15, 0.2) is 12.7 Å². The Morgan fingerprint density at radius 3 is 2.32 bits per heavy atom. The van der Waals surface area contributed by atoms with Crippen LogP contribution in [-0.2, 0) is 14.3 Å². The predicted octanol–water partition coefficient (Wildman–Crippen LogP) is 3.27. The number of nitrogens with one attached hydrogen (secondary N) is 1. The van der Waals surface area contributed by atoms with Gasteiger partial charge in [-0.15, -0.1) is 0 Å². The zero-order valence-electron chi connectivity index (χ0n) is 16.7. The van der Waals surface area contributed by atoms with Crippen molar-refractivity contribution in [3.63, 3.8) is 0 Å². The third-order valence-corrected chi connectivity index (χ3v) is 4.09. The molecule has 1 atom stereocenters. The minimum absolute atomic E-state index is 0.286. The third-order valence-electron chi connectivity index (χ3n) is 4.09. The Labute approximate surface area is 164 Å². The number of esters is 1. The third kappa shape index (κ3) is 5.39. The Bertz CT molecular complexity index is 829. The molecule has 0 spiro atoms. The van der Waals surface area contributed by atoms with Crippen molar-refractivity contribution in [2.75, 3.05) is 26.1 Å². The monoisotopic (exact) mass is 387 g/mol. The van der Waals surface area contributed by atoms with E-state index in [0.717, 1.165) is 11.1 Å². The molecule has 2 aromatic carbocycles. The van der Waals surface area contributed by atoms with E-state index >= 15 is 0 Å². The number of anilines is 1. The quantitative estimate of drug-likeness (QED) is 0.700. The molecule has 28 heavy (non-hydrogen) atoms. The van der Waals surface area contributed by atoms with Gasteiger partial charge >= 0.3 is 5.97 Å². The van der Waals surface area contributed by atoms with Crippen molar-refractivity contribution in [3.05, 3.63) is 47.5 Å². The van der Waals surface area contributed by atoms with Crippen LogP contribution in [0.3, 0.4) is 0 Å². The molecule has 0 fully saturated rings. The summed E-state index contributed by atoms with van der Waals surface area (Å²) in [6.45, 7) is 4.99. The molecule has 0 bridgehead atoms. The van der Waals surface area contributed by atoms with Crippen molar-refractivity contribution >= 4 is 17.6 Å². The number of ether oxygens (including phenoxy) is 4. The fraction of sp³-hybridized carbons (Fsp3) is 0.333. The number of rotatable bonds is 8. The first-order valence-corrected chi connectivity index (χ1v) is 8.77. The fourth-order valence-electron chi connectivity index (χ4n) is 2.59. The Hall–Kier alpha value is -3.22. The van der Waals surface area contributed by atoms with E-state index in [1.165, 1.54) is 21.1 Å². The number of carbonyl (C=O) groups excluding carboxylic acids is 2. The van der Waals surface area contributed by atoms with E-state index in [-0.39, 0.29) is 6.61 Å². The second-order valence-corrected chi connectivity index (χ2v) is 6.20. The summed E-state index contributed by atoms with van der Waals surface area (Å²) in [7, 11) is 3.01. The van der Waals surface area contributed by atoms with Crippen molar-refractivity contribution in [2.24, 2.45) is 0 Å². The molecule has 150 valence electrons. The van der Waals surface area contributed by atoms with Crippen LogP contribution in [0.25, 0.3) is 0 Å². The van der Waals surface area contributed by atoms with Crippen molar-refractivity contribution in [1.82, 2.24) is 0 Å². The van der Waals surface area contributed by atoms with E-state index in [1.54, 1.807) is 18.2 Å². The first-order chi connectivity index (χ1) is 13.3. The van der Waals surface area contributed by atoms with Gasteiger partial charge in [0.1, 0.15) is 17.2 Å². The smallest absolute Gasteiger partial charge is 0.344 e. The molecular weight excluding hydrogens is 362 g/mol. The van der Waals surface area contributed by atoms with Crippen molar-refractivity contribution < 1.29 is 28.5 Å². The van der Waals surface area contributed by atoms with Gasteiger partial charge in [-0.05, 0) is 44.0 Å². The van der Waals surface area contributed by atoms with Crippen LogP contribution in [0.5, 0.6) is 17.2 Å². The molecule has 0 heterocycles. The van der Waals surface area contributed by atoms with Crippen LogP contribution >= 0.6 is 0 Å². The molecule has 0 aliphatic heterocycles. The molecular formula is C21H25NO6. The molecule has 2 rings (SSSR count). The number of amides is 1. The lowest BCUT2D eigenvalue weighted by Crippen LogP contribution is -2.31. The zero-order valence-corrected chi connectivity index (χ0v) is 16.7. The lowest BCUT2D eigenvalue weighted by Gasteiger charge is -2.16. The molecule has 1 N–H and O–H groups in total. The van der Waals surface area contributed by atoms with Gasteiger partial charge in [0, 0.05) is 6.07 Å². The van der Waals surface area contributed by atoms with E-state index in [1.807, 2.05) is 32.0 Å². The molecule has 0 radical (unpaired) electrons. The molecule has 0 saturated heterocycles. The molecule has 2 aromatic rings. The van der Waals surface area contributed by atoms with E-state index in [4.69, 9.17) is 18.9 Å². The Morgan fingerprint density at radius 2 is 1.71 bits per heavy atom. The summed E-state index contributed by atoms with van der Waals surface area (Å²) >= 11 is 0. The fourth-order valence-corrected chi connectivity index (χ4v) is 2.59. The largest absolute Gasteiger partial charge is 0.497 e. The van der Waals surface area contributed by atoms with Crippen LogP contribution in [-0.4, -0.2) is 38.8 Å². The van der Waals surface area contributed by atoms with Gasteiger partial charge in [0.05, 0.1) is 19.9 Å². The van der Waals surface area contributed by atoms with Gasteiger partial charge < -0.3 is 24.3 Å². The maximum atomic E-state index is 12.4. The van der Waals surface area contributed by atoms with E-state index in [9.17, 15) is 9.59 Å². The highest BCUT2D eigenvalue weighted by atomic mass is 16.6. The highest BCUT2D eigenvalue weighted by molar-refractivity contribution is 5.96. The average molecular weight is 387 g/mol. The number of benzene rings is 2. The van der Waals surface area contributed by atoms with Crippen LogP contribution in [0.2, 0.25) is 0 Å². The second kappa shape index (κ2) is 9.64. The Morgan fingerprint density at radius 1 is 1.04 bits per heavy atom. The Balaban J connectivity index is 1.94. The minimum atomic E-state index is -1.01. The number of carbonyl (C=O) groups is 2. The first-order valence-electron chi connectivity index (χ1n) is 8.77. The van der Waals surface area contributed by atoms with Crippen LogP contribution in [0.15, 0.2) is 36.4 Å². The predicted molar refractivity (Wildman–Crippen MR) is 105 cm³/mol. The number of aryl methyl sites for hydroxylation is 2. The van der Waals surface area contributed by atoms with Gasteiger partial charge in [0.2, 0.25) is 0 Å². The maximum Gasteiger partial charge on any atom is 0.344 e. The lowest BCUT2D eigenvalue weighted by molar-refractivity contribution is -0.155. The summed E-state index contributed by atoms with van der Waals surface area (Å²) in [5.41, 5.74) is 2.26. The highest BCUT2D eigenvalue weighted by Gasteiger charge is 2.20. The lowest BCUT2D eigenvalue weighted by atomic mass is 10.1. The molecule has 0 aliphatic carbocycles. The Kier molecular flexibility index (Phi) is 7.26. The van der Waals surface area contributed by atoms with Crippen LogP contribution in [0.4, 0.5) is 5.69 Å². The molecule has 7 nitrogen and oxygen atoms in total. The van der Waals surface area contributed by atoms with Crippen LogP contribution in [0, 0.1) is 13.8 Å². The second-order valence-electron chi connectivity index (χ2n) is 6.20. The zero-order chi connectivity index (χ0) is 20.7. The van der Waals surface area contributed by atoms with Crippen molar-refractivity contribution in [1.29, 1.82) is 0 Å². The van der Waals surface area contributed by atoms with Gasteiger partial charge in [-0.2, -0.15) is 0 Å². The van der Waals surface area contributed by atoms with Gasteiger partial charge in [0.25, 0.3) is 5.91 Å². The molecule has 1 unspecified atom stereocenters. The van der Waals surface area contributed by atoms with E-state index in [2.05, 4.69) is 5.32 Å². The number of hydrogen-bond acceptors (Lipinski definition) is 6. The number of para-hydroxylation sites is 1. The number of hydrogen-bond donors (Lipinski definition) is 1. The van der Waals surface area contributed by atoms with Gasteiger partial charge in [-0.1, -0.05) is 18.2 Å². The van der Waals surface area contributed by atoms with Crippen LogP contribution in [0.1, 0.15) is 18.1 Å². The summed E-state index contributed by atoms with van der Waals surface area (Å²) in [5.74, 6) is 0.529. The van der Waals surface area contributed by atoms with Gasteiger partial charge in [-0.3, -0.25) is 4.79 Å². The summed E-state index contributed by atoms with van der Waals surface area (Å²) in [4.78, 5) is 24.4. The van der Waals surface area contributed by atoms with Gasteiger partial charge in [-0.25, -0.2) is 4.79 Å². The summed E-state index contributed by atoms with van der Waals surface area (Å²) in [5, 5.41) is 2.67. The minimum Gasteiger partial charge on any atom is -0.497 e. The standard InChI is InChI=1S/C21H25NO6/c1-13-7-6-8-14(2)20(13)27-12-19(23)28-15(3)21(24)22-17-11-16(25-4)9-10-18(17)26-5/h6-11,15H,12H2,1-5H3,(H,22,24). The molecule has 0 aromatic heterocycles. The SMILES string of the molecule is COc1ccc(OC)c(NC(=O)C(C)OC(=O)COc2c(C)cccc2C)c1. The average Bonchev–Trinajstić information content (AvgIpc) is 2.67. The molecule has 7 heteroatoms. The topological polar surface area (TPSA) is 83.1 Å².